The number of nitro groups is 1. The lowest BCUT2D eigenvalue weighted by molar-refractivity contribution is -0.388. The summed E-state index contributed by atoms with van der Waals surface area (Å²) in [5, 5.41) is 11.7. The molecule has 0 atom stereocenters. The van der Waals surface area contributed by atoms with E-state index in [4.69, 9.17) is 17.3 Å². The van der Waals surface area contributed by atoms with Crippen molar-refractivity contribution in [3.8, 4) is 0 Å². The molecule has 1 aromatic carbocycles. The Balaban J connectivity index is 2.40. The SMILES string of the molecule is Nc1ccc(Cl)cc1Sc1ncccc1[N+](=O)[O-]. The van der Waals surface area contributed by atoms with Crippen molar-refractivity contribution in [1.82, 2.24) is 4.98 Å². The first kappa shape index (κ1) is 12.7. The topological polar surface area (TPSA) is 82.0 Å². The maximum absolute atomic E-state index is 10.9. The fourth-order valence-corrected chi connectivity index (χ4v) is 2.48. The van der Waals surface area contributed by atoms with E-state index in [0.29, 0.717) is 15.6 Å². The Morgan fingerprint density at radius 3 is 2.89 bits per heavy atom. The van der Waals surface area contributed by atoms with Gasteiger partial charge in [0.25, 0.3) is 0 Å². The van der Waals surface area contributed by atoms with Gasteiger partial charge in [0.1, 0.15) is 0 Å². The molecule has 0 aliphatic rings. The van der Waals surface area contributed by atoms with E-state index in [-0.39, 0.29) is 10.7 Å². The molecule has 0 radical (unpaired) electrons. The van der Waals surface area contributed by atoms with E-state index in [2.05, 4.69) is 4.98 Å². The first-order chi connectivity index (χ1) is 8.58. The molecule has 18 heavy (non-hydrogen) atoms. The van der Waals surface area contributed by atoms with Crippen molar-refractivity contribution in [2.24, 2.45) is 0 Å². The van der Waals surface area contributed by atoms with Gasteiger partial charge >= 0.3 is 5.69 Å². The van der Waals surface area contributed by atoms with Crippen molar-refractivity contribution in [2.45, 2.75) is 9.92 Å². The first-order valence-electron chi connectivity index (χ1n) is 4.90. The molecule has 1 heterocycles. The fraction of sp³-hybridized carbons (Fsp3) is 0. The van der Waals surface area contributed by atoms with Gasteiger partial charge in [-0.05, 0) is 24.3 Å². The number of halogens is 1. The van der Waals surface area contributed by atoms with E-state index in [1.807, 2.05) is 0 Å². The number of rotatable bonds is 3. The van der Waals surface area contributed by atoms with E-state index in [1.165, 1.54) is 18.3 Å². The summed E-state index contributed by atoms with van der Waals surface area (Å²) in [5.41, 5.74) is 6.24. The van der Waals surface area contributed by atoms with E-state index >= 15 is 0 Å². The van der Waals surface area contributed by atoms with Crippen molar-refractivity contribution in [2.75, 3.05) is 5.73 Å². The highest BCUT2D eigenvalue weighted by Crippen LogP contribution is 2.36. The molecule has 1 aromatic heterocycles. The molecule has 5 nitrogen and oxygen atoms in total. The molecule has 0 unspecified atom stereocenters. The van der Waals surface area contributed by atoms with Crippen LogP contribution in [-0.4, -0.2) is 9.91 Å². The average molecular weight is 282 g/mol. The zero-order chi connectivity index (χ0) is 13.1. The Hall–Kier alpha value is -1.79. The number of hydrogen-bond donors (Lipinski definition) is 1. The number of anilines is 1. The predicted molar refractivity (Wildman–Crippen MR) is 70.9 cm³/mol. The highest BCUT2D eigenvalue weighted by atomic mass is 35.5. The zero-order valence-corrected chi connectivity index (χ0v) is 10.6. The number of aromatic nitrogens is 1. The number of nitrogens with zero attached hydrogens (tertiary/aromatic N) is 2. The lowest BCUT2D eigenvalue weighted by Crippen LogP contribution is -1.94. The number of pyridine rings is 1. The molecule has 0 saturated carbocycles. The number of nitrogens with two attached hydrogens (primary N) is 1. The van der Waals surface area contributed by atoms with Gasteiger partial charge < -0.3 is 5.73 Å². The van der Waals surface area contributed by atoms with Crippen LogP contribution in [0, 0.1) is 10.1 Å². The van der Waals surface area contributed by atoms with Crippen LogP contribution in [-0.2, 0) is 0 Å². The minimum absolute atomic E-state index is 0.0538. The summed E-state index contributed by atoms with van der Waals surface area (Å²) in [6.07, 6.45) is 1.50. The second-order valence-corrected chi connectivity index (χ2v) is 4.84. The van der Waals surface area contributed by atoms with Crippen molar-refractivity contribution < 1.29 is 4.92 Å². The first-order valence-corrected chi connectivity index (χ1v) is 6.09. The third kappa shape index (κ3) is 2.72. The molecule has 0 aliphatic carbocycles. The Morgan fingerprint density at radius 2 is 2.17 bits per heavy atom. The molecule has 0 saturated heterocycles. The van der Waals surface area contributed by atoms with Gasteiger partial charge in [-0.2, -0.15) is 0 Å². The summed E-state index contributed by atoms with van der Waals surface area (Å²) >= 11 is 6.98. The van der Waals surface area contributed by atoms with E-state index < -0.39 is 4.92 Å². The molecule has 92 valence electrons. The molecule has 0 fully saturated rings. The van der Waals surface area contributed by atoms with Gasteiger partial charge in [-0.1, -0.05) is 23.4 Å². The Kier molecular flexibility index (Phi) is 3.69. The van der Waals surface area contributed by atoms with E-state index in [0.717, 1.165) is 11.8 Å². The number of hydrogen-bond acceptors (Lipinski definition) is 5. The second kappa shape index (κ2) is 5.24. The highest BCUT2D eigenvalue weighted by Gasteiger charge is 2.16. The van der Waals surface area contributed by atoms with Crippen molar-refractivity contribution in [1.29, 1.82) is 0 Å². The van der Waals surface area contributed by atoms with Crippen molar-refractivity contribution in [3.63, 3.8) is 0 Å². The van der Waals surface area contributed by atoms with Gasteiger partial charge in [-0.25, -0.2) is 4.98 Å². The minimum atomic E-state index is -0.476. The maximum atomic E-state index is 10.9. The van der Waals surface area contributed by atoms with Gasteiger partial charge in [0.15, 0.2) is 5.03 Å². The average Bonchev–Trinajstić information content (AvgIpc) is 2.34. The van der Waals surface area contributed by atoms with Gasteiger partial charge in [-0.3, -0.25) is 10.1 Å². The molecular weight excluding hydrogens is 274 g/mol. The van der Waals surface area contributed by atoms with Crippen LogP contribution in [0.15, 0.2) is 46.5 Å². The second-order valence-electron chi connectivity index (χ2n) is 3.37. The normalized spacial score (nSPS) is 10.3. The largest absolute Gasteiger partial charge is 0.398 e. The predicted octanol–water partition coefficient (Wildman–Crippen LogP) is 3.38. The monoisotopic (exact) mass is 281 g/mol. The molecule has 7 heteroatoms. The standard InChI is InChI=1S/C11H8ClN3O2S/c12-7-3-4-8(13)10(6-7)18-11-9(15(16)17)2-1-5-14-11/h1-6H,13H2. The Bertz CT molecular complexity index is 607. The lowest BCUT2D eigenvalue weighted by Gasteiger charge is -2.05. The van der Waals surface area contributed by atoms with E-state index in [1.54, 1.807) is 18.2 Å². The maximum Gasteiger partial charge on any atom is 0.301 e. The minimum Gasteiger partial charge on any atom is -0.398 e. The fourth-order valence-electron chi connectivity index (χ4n) is 1.30. The molecule has 0 bridgehead atoms. The lowest BCUT2D eigenvalue weighted by atomic mass is 10.3. The van der Waals surface area contributed by atoms with Crippen LogP contribution in [0.3, 0.4) is 0 Å². The molecule has 0 spiro atoms. The van der Waals surface area contributed by atoms with Crippen LogP contribution in [0.2, 0.25) is 5.02 Å². The van der Waals surface area contributed by atoms with Crippen LogP contribution in [0.25, 0.3) is 0 Å². The summed E-state index contributed by atoms with van der Waals surface area (Å²) in [6, 6.07) is 7.88. The molecule has 2 N–H and O–H groups in total. The molecule has 2 rings (SSSR count). The van der Waals surface area contributed by atoms with Crippen LogP contribution >= 0.6 is 23.4 Å². The molecule has 2 aromatic rings. The van der Waals surface area contributed by atoms with Crippen molar-refractivity contribution in [3.05, 3.63) is 51.7 Å². The van der Waals surface area contributed by atoms with Crippen LogP contribution < -0.4 is 5.73 Å². The van der Waals surface area contributed by atoms with Gasteiger partial charge in [-0.15, -0.1) is 0 Å². The van der Waals surface area contributed by atoms with Gasteiger partial charge in [0.05, 0.1) is 4.92 Å². The number of benzene rings is 1. The quantitative estimate of drug-likeness (QED) is 0.530. The summed E-state index contributed by atoms with van der Waals surface area (Å²) < 4.78 is 0. The molecule has 0 aliphatic heterocycles. The third-order valence-corrected chi connectivity index (χ3v) is 3.45. The third-order valence-electron chi connectivity index (χ3n) is 2.13. The zero-order valence-electron chi connectivity index (χ0n) is 9.04. The van der Waals surface area contributed by atoms with E-state index in [9.17, 15) is 10.1 Å². The Morgan fingerprint density at radius 1 is 1.39 bits per heavy atom. The molecule has 0 amide bonds. The summed E-state index contributed by atoms with van der Waals surface area (Å²) in [4.78, 5) is 15.0. The molecular formula is C11H8ClN3O2S. The summed E-state index contributed by atoms with van der Waals surface area (Å²) in [7, 11) is 0. The summed E-state index contributed by atoms with van der Waals surface area (Å²) in [6.45, 7) is 0. The smallest absolute Gasteiger partial charge is 0.301 e. The van der Waals surface area contributed by atoms with Gasteiger partial charge in [0, 0.05) is 27.9 Å². The van der Waals surface area contributed by atoms with Crippen LogP contribution in [0.4, 0.5) is 11.4 Å². The highest BCUT2D eigenvalue weighted by molar-refractivity contribution is 7.99. The summed E-state index contributed by atoms with van der Waals surface area (Å²) in [5.74, 6) is 0. The van der Waals surface area contributed by atoms with Crippen molar-refractivity contribution >= 4 is 34.7 Å². The van der Waals surface area contributed by atoms with Gasteiger partial charge in [0.2, 0.25) is 0 Å². The van der Waals surface area contributed by atoms with Crippen LogP contribution in [0.5, 0.6) is 0 Å². The Labute approximate surface area is 112 Å². The number of nitrogen functional groups attached to an aromatic ring is 1. The van der Waals surface area contributed by atoms with Crippen LogP contribution in [0.1, 0.15) is 0 Å².